The van der Waals surface area contributed by atoms with E-state index < -0.39 is 23.5 Å². The van der Waals surface area contributed by atoms with Crippen molar-refractivity contribution < 1.29 is 14.4 Å². The van der Waals surface area contributed by atoms with Gasteiger partial charge in [-0.2, -0.15) is 0 Å². The second kappa shape index (κ2) is 8.79. The molecule has 1 fully saturated rings. The number of carbonyl (C=O) groups is 3. The molecule has 2 aliphatic heterocycles. The molecule has 2 aromatic carbocycles. The number of H-pyrrole nitrogens is 1. The fourth-order valence-electron chi connectivity index (χ4n) is 5.38. The molecule has 0 radical (unpaired) electrons. The summed E-state index contributed by atoms with van der Waals surface area (Å²) < 4.78 is 0. The molecule has 3 atom stereocenters. The average molecular weight is 485 g/mol. The van der Waals surface area contributed by atoms with Gasteiger partial charge in [-0.25, -0.2) is 11.6 Å². The lowest BCUT2D eigenvalue weighted by molar-refractivity contribution is -0.136. The van der Waals surface area contributed by atoms with Gasteiger partial charge in [-0.3, -0.25) is 24.1 Å². The fraction of sp³-hybridized carbons (Fsp3) is 0.370. The molecule has 184 valence electrons. The van der Waals surface area contributed by atoms with Crippen LogP contribution in [0.5, 0.6) is 0 Å². The Bertz CT molecular complexity index is 1370. The van der Waals surface area contributed by atoms with Crippen LogP contribution in [0.4, 0.5) is 5.69 Å². The number of amides is 3. The minimum absolute atomic E-state index is 0.100. The summed E-state index contributed by atoms with van der Waals surface area (Å²) in [6.07, 6.45) is -0.155. The maximum absolute atomic E-state index is 14.0. The molecule has 0 saturated carbocycles. The molecule has 3 amide bonds. The zero-order chi connectivity index (χ0) is 25.6. The van der Waals surface area contributed by atoms with E-state index in [4.69, 9.17) is 6.57 Å². The van der Waals surface area contributed by atoms with Gasteiger partial charge in [0.05, 0.1) is 17.5 Å². The van der Waals surface area contributed by atoms with Gasteiger partial charge in [0.25, 0.3) is 11.8 Å². The molecule has 2 N–H and O–H groups in total. The van der Waals surface area contributed by atoms with Crippen molar-refractivity contribution in [3.8, 4) is 0 Å². The molecule has 1 aromatic heterocycles. The Labute approximate surface area is 209 Å². The number of hydrogen-bond acceptors (Lipinski definition) is 4. The van der Waals surface area contributed by atoms with E-state index in [0.29, 0.717) is 11.9 Å². The van der Waals surface area contributed by atoms with Crippen molar-refractivity contribution in [3.63, 3.8) is 0 Å². The van der Waals surface area contributed by atoms with E-state index in [2.05, 4.69) is 20.1 Å². The molecule has 1 saturated heterocycles. The minimum Gasteiger partial charge on any atom is -0.334 e. The first kappa shape index (κ1) is 23.5. The van der Waals surface area contributed by atoms with E-state index in [0.717, 1.165) is 16.8 Å². The molecule has 3 heterocycles. The van der Waals surface area contributed by atoms with E-state index >= 15 is 0 Å². The van der Waals surface area contributed by atoms with E-state index in [1.54, 1.807) is 7.05 Å². The number of fused-ring (bicyclic) bond motifs is 3. The van der Waals surface area contributed by atoms with Gasteiger partial charge in [-0.1, -0.05) is 44.2 Å². The zero-order valence-electron chi connectivity index (χ0n) is 20.5. The van der Waals surface area contributed by atoms with Crippen LogP contribution in [0.1, 0.15) is 42.9 Å². The standard InChI is InChI=1S/C27H28N6O3/c1-16(2)13-21(32(4)25(35)23-29-19-11-7-8-12-20(19)30-23)24(34)33-15-27(14-22(33)28-3)17-9-5-6-10-18(17)31-26(27)36/h5-12,16,21-22H,13-15H2,1-2,4H3,(H,29,30)(H,31,36)/t21-,22-,27-/m0/s1. The Balaban J connectivity index is 1.46. The topological polar surface area (TPSA) is 103 Å². The van der Waals surface area contributed by atoms with E-state index in [1.165, 1.54) is 9.80 Å². The Kier molecular flexibility index (Phi) is 5.75. The third kappa shape index (κ3) is 3.70. The summed E-state index contributed by atoms with van der Waals surface area (Å²) in [7, 11) is 1.59. The first-order valence-electron chi connectivity index (χ1n) is 12.0. The number of para-hydroxylation sites is 3. The molecule has 1 spiro atoms. The molecule has 2 aliphatic rings. The molecule has 9 nitrogen and oxygen atoms in total. The van der Waals surface area contributed by atoms with Crippen LogP contribution in [0.15, 0.2) is 48.5 Å². The summed E-state index contributed by atoms with van der Waals surface area (Å²) in [6, 6.07) is 14.0. The second-order valence-corrected chi connectivity index (χ2v) is 10.0. The van der Waals surface area contributed by atoms with Crippen molar-refractivity contribution in [1.82, 2.24) is 19.8 Å². The number of likely N-dealkylation sites (N-methyl/N-ethyl adjacent to an activating group) is 1. The lowest BCUT2D eigenvalue weighted by Gasteiger charge is -2.31. The molecule has 0 aliphatic carbocycles. The van der Waals surface area contributed by atoms with Crippen LogP contribution in [0.2, 0.25) is 0 Å². The molecule has 0 unspecified atom stereocenters. The van der Waals surface area contributed by atoms with Crippen LogP contribution in [-0.4, -0.2) is 63.3 Å². The summed E-state index contributed by atoms with van der Waals surface area (Å²) >= 11 is 0. The van der Waals surface area contributed by atoms with Crippen molar-refractivity contribution in [3.05, 3.63) is 71.3 Å². The smallest absolute Gasteiger partial charge is 0.302 e. The summed E-state index contributed by atoms with van der Waals surface area (Å²) in [5.41, 5.74) is 1.97. The fourth-order valence-corrected chi connectivity index (χ4v) is 5.38. The summed E-state index contributed by atoms with van der Waals surface area (Å²) in [4.78, 5) is 54.6. The summed E-state index contributed by atoms with van der Waals surface area (Å²) in [5.74, 6) is -0.653. The number of carbonyl (C=O) groups excluding carboxylic acids is 3. The predicted molar refractivity (Wildman–Crippen MR) is 135 cm³/mol. The van der Waals surface area contributed by atoms with Crippen LogP contribution in [-0.2, 0) is 15.0 Å². The van der Waals surface area contributed by atoms with Gasteiger partial charge < -0.3 is 15.2 Å². The van der Waals surface area contributed by atoms with E-state index in [9.17, 15) is 14.4 Å². The van der Waals surface area contributed by atoms with Crippen LogP contribution in [0.25, 0.3) is 15.9 Å². The van der Waals surface area contributed by atoms with Crippen molar-refractivity contribution in [2.75, 3.05) is 18.9 Å². The number of nitrogens with one attached hydrogen (secondary N) is 2. The Hall–Kier alpha value is -4.19. The highest BCUT2D eigenvalue weighted by Gasteiger charge is 2.59. The molecule has 9 heteroatoms. The van der Waals surface area contributed by atoms with Gasteiger partial charge in [-0.05, 0) is 36.1 Å². The van der Waals surface area contributed by atoms with Crippen LogP contribution < -0.4 is 5.32 Å². The molecular formula is C27H28N6O3. The molecule has 3 aromatic rings. The lowest BCUT2D eigenvalue weighted by atomic mass is 9.80. The van der Waals surface area contributed by atoms with Gasteiger partial charge in [0.2, 0.25) is 5.91 Å². The quantitative estimate of drug-likeness (QED) is 0.542. The maximum atomic E-state index is 14.0. The van der Waals surface area contributed by atoms with Crippen molar-refractivity contribution in [2.24, 2.45) is 5.92 Å². The lowest BCUT2D eigenvalue weighted by Crippen LogP contribution is -2.51. The van der Waals surface area contributed by atoms with Crippen LogP contribution in [0.3, 0.4) is 0 Å². The molecular weight excluding hydrogens is 456 g/mol. The minimum atomic E-state index is -0.967. The highest BCUT2D eigenvalue weighted by molar-refractivity contribution is 6.07. The van der Waals surface area contributed by atoms with Crippen LogP contribution in [0, 0.1) is 12.5 Å². The van der Waals surface area contributed by atoms with Gasteiger partial charge >= 0.3 is 6.17 Å². The Morgan fingerprint density at radius 2 is 1.94 bits per heavy atom. The number of rotatable bonds is 5. The Morgan fingerprint density at radius 3 is 2.67 bits per heavy atom. The Morgan fingerprint density at radius 1 is 1.22 bits per heavy atom. The van der Waals surface area contributed by atoms with Gasteiger partial charge in [-0.15, -0.1) is 0 Å². The van der Waals surface area contributed by atoms with Crippen molar-refractivity contribution in [1.29, 1.82) is 0 Å². The number of aromatic amines is 1. The number of hydrogen-bond donors (Lipinski definition) is 2. The monoisotopic (exact) mass is 484 g/mol. The summed E-state index contributed by atoms with van der Waals surface area (Å²) in [5, 5.41) is 2.91. The van der Waals surface area contributed by atoms with Crippen molar-refractivity contribution >= 4 is 34.4 Å². The highest BCUT2D eigenvalue weighted by atomic mass is 16.2. The second-order valence-electron chi connectivity index (χ2n) is 10.0. The normalized spacial score (nSPS) is 21.5. The number of imidazole rings is 1. The predicted octanol–water partition coefficient (Wildman–Crippen LogP) is 3.42. The highest BCUT2D eigenvalue weighted by Crippen LogP contribution is 2.47. The van der Waals surface area contributed by atoms with Gasteiger partial charge in [0, 0.05) is 19.3 Å². The summed E-state index contributed by atoms with van der Waals surface area (Å²) in [6.45, 7) is 11.9. The van der Waals surface area contributed by atoms with Gasteiger partial charge in [0.1, 0.15) is 11.5 Å². The molecule has 0 bridgehead atoms. The molecule has 5 rings (SSSR count). The number of nitrogens with zero attached hydrogens (tertiary/aromatic N) is 4. The van der Waals surface area contributed by atoms with Gasteiger partial charge in [0.15, 0.2) is 5.82 Å². The third-order valence-electron chi connectivity index (χ3n) is 7.25. The van der Waals surface area contributed by atoms with E-state index in [1.807, 2.05) is 62.4 Å². The average Bonchev–Trinajstić information content (AvgIpc) is 3.55. The third-order valence-corrected chi connectivity index (χ3v) is 7.25. The first-order chi connectivity index (χ1) is 17.2. The SMILES string of the molecule is [C-]#[N+][C@@H]1C[C@@]2(CN1C(=O)[C@H](CC(C)C)N(C)C(=O)c1nc3ccccc3[nH]1)C(=O)Nc1ccccc12. The molecule has 36 heavy (non-hydrogen) atoms. The van der Waals surface area contributed by atoms with Crippen LogP contribution >= 0.6 is 0 Å². The van der Waals surface area contributed by atoms with Crippen molar-refractivity contribution in [2.45, 2.75) is 44.3 Å². The zero-order valence-corrected chi connectivity index (χ0v) is 20.5. The first-order valence-corrected chi connectivity index (χ1v) is 12.0. The number of anilines is 1. The van der Waals surface area contributed by atoms with E-state index in [-0.39, 0.29) is 36.5 Å². The number of likely N-dealkylation sites (tertiary alicyclic amines) is 1. The largest absolute Gasteiger partial charge is 0.334 e. The maximum Gasteiger partial charge on any atom is 0.302 e. The number of benzene rings is 2. The number of aromatic nitrogens is 2.